The molecule has 0 spiro atoms. The van der Waals surface area contributed by atoms with Gasteiger partial charge in [-0.2, -0.15) is 0 Å². The van der Waals surface area contributed by atoms with Gasteiger partial charge in [-0.15, -0.1) is 0 Å². The predicted molar refractivity (Wildman–Crippen MR) is 85.4 cm³/mol. The van der Waals surface area contributed by atoms with Gasteiger partial charge in [0.15, 0.2) is 5.96 Å². The summed E-state index contributed by atoms with van der Waals surface area (Å²) in [6.07, 6.45) is 3.44. The summed E-state index contributed by atoms with van der Waals surface area (Å²) in [4.78, 5) is 15.0. The van der Waals surface area contributed by atoms with Crippen molar-refractivity contribution in [3.8, 4) is 0 Å². The molecule has 0 heterocycles. The molecule has 0 bridgehead atoms. The number of benzene rings is 1. The van der Waals surface area contributed by atoms with Gasteiger partial charge in [-0.25, -0.2) is 4.99 Å². The van der Waals surface area contributed by atoms with E-state index in [9.17, 15) is 10.1 Å². The molecule has 6 heteroatoms. The monoisotopic (exact) mass is 292 g/mol. The number of nitrogens with zero attached hydrogens (tertiary/aromatic N) is 2. The van der Waals surface area contributed by atoms with Gasteiger partial charge in [0.05, 0.1) is 17.0 Å². The molecule has 0 atom stereocenters. The maximum Gasteiger partial charge on any atom is 0.274 e. The standard InChI is InChI=1S/C15H24N4O2/c1-3-5-8-11-17-15(16-4-2)18-12-13-9-6-7-10-14(13)19(20)21/h6-7,9-10H,3-5,8,11-12H2,1-2H3,(H2,16,17,18). The van der Waals surface area contributed by atoms with Gasteiger partial charge in [0, 0.05) is 19.2 Å². The van der Waals surface area contributed by atoms with E-state index in [0.717, 1.165) is 19.5 Å². The molecule has 1 aromatic carbocycles. The molecule has 0 aliphatic rings. The van der Waals surface area contributed by atoms with Gasteiger partial charge in [0.2, 0.25) is 0 Å². The minimum atomic E-state index is -0.369. The zero-order chi connectivity index (χ0) is 15.5. The zero-order valence-corrected chi connectivity index (χ0v) is 12.8. The Morgan fingerprint density at radius 1 is 1.24 bits per heavy atom. The highest BCUT2D eigenvalue weighted by molar-refractivity contribution is 5.79. The molecule has 0 fully saturated rings. The molecule has 21 heavy (non-hydrogen) atoms. The maximum atomic E-state index is 11.0. The van der Waals surface area contributed by atoms with Crippen molar-refractivity contribution >= 4 is 11.6 Å². The first-order chi connectivity index (χ1) is 10.2. The van der Waals surface area contributed by atoms with Gasteiger partial charge < -0.3 is 10.6 Å². The summed E-state index contributed by atoms with van der Waals surface area (Å²) in [5.74, 6) is 0.701. The van der Waals surface area contributed by atoms with E-state index in [1.165, 1.54) is 18.9 Å². The molecular formula is C15H24N4O2. The number of rotatable bonds is 8. The zero-order valence-electron chi connectivity index (χ0n) is 12.8. The van der Waals surface area contributed by atoms with Gasteiger partial charge in [-0.3, -0.25) is 10.1 Å². The van der Waals surface area contributed by atoms with Crippen LogP contribution in [0.5, 0.6) is 0 Å². The summed E-state index contributed by atoms with van der Waals surface area (Å²) in [6.45, 7) is 6.06. The number of nitro groups is 1. The first-order valence-corrected chi connectivity index (χ1v) is 7.43. The smallest absolute Gasteiger partial charge is 0.274 e. The fourth-order valence-electron chi connectivity index (χ4n) is 1.91. The highest BCUT2D eigenvalue weighted by Gasteiger charge is 2.11. The Bertz CT molecular complexity index is 474. The van der Waals surface area contributed by atoms with Crippen molar-refractivity contribution < 1.29 is 4.92 Å². The van der Waals surface area contributed by atoms with E-state index in [2.05, 4.69) is 22.5 Å². The fourth-order valence-corrected chi connectivity index (χ4v) is 1.91. The van der Waals surface area contributed by atoms with Crippen molar-refractivity contribution in [3.05, 3.63) is 39.9 Å². The minimum Gasteiger partial charge on any atom is -0.357 e. The maximum absolute atomic E-state index is 11.0. The van der Waals surface area contributed by atoms with Crippen molar-refractivity contribution in [2.24, 2.45) is 4.99 Å². The van der Waals surface area contributed by atoms with Crippen LogP contribution in [0.15, 0.2) is 29.3 Å². The van der Waals surface area contributed by atoms with Crippen LogP contribution in [0.3, 0.4) is 0 Å². The Hall–Kier alpha value is -2.11. The quantitative estimate of drug-likeness (QED) is 0.254. The number of hydrogen-bond donors (Lipinski definition) is 2. The molecule has 2 N–H and O–H groups in total. The van der Waals surface area contributed by atoms with Crippen molar-refractivity contribution in [1.29, 1.82) is 0 Å². The first kappa shape index (κ1) is 16.9. The molecule has 0 radical (unpaired) electrons. The topological polar surface area (TPSA) is 79.6 Å². The highest BCUT2D eigenvalue weighted by atomic mass is 16.6. The third kappa shape index (κ3) is 6.25. The molecule has 6 nitrogen and oxygen atoms in total. The predicted octanol–water partition coefficient (Wildman–Crippen LogP) is 2.84. The summed E-state index contributed by atoms with van der Waals surface area (Å²) in [5, 5.41) is 17.4. The number of nitro benzene ring substituents is 1. The Kier molecular flexibility index (Phi) is 7.86. The summed E-state index contributed by atoms with van der Waals surface area (Å²) >= 11 is 0. The van der Waals surface area contributed by atoms with Crippen molar-refractivity contribution in [3.63, 3.8) is 0 Å². The Labute approximate surface area is 125 Å². The number of hydrogen-bond acceptors (Lipinski definition) is 3. The second-order valence-electron chi connectivity index (χ2n) is 4.71. The number of aliphatic imine (C=N–C) groups is 1. The molecule has 116 valence electrons. The Morgan fingerprint density at radius 2 is 2.00 bits per heavy atom. The third-order valence-electron chi connectivity index (χ3n) is 3.01. The van der Waals surface area contributed by atoms with E-state index in [-0.39, 0.29) is 10.6 Å². The Balaban J connectivity index is 2.67. The summed E-state index contributed by atoms with van der Waals surface area (Å²) in [5.41, 5.74) is 0.733. The van der Waals surface area contributed by atoms with E-state index in [4.69, 9.17) is 0 Å². The van der Waals surface area contributed by atoms with Crippen molar-refractivity contribution in [2.45, 2.75) is 39.7 Å². The molecule has 1 rings (SSSR count). The van der Waals surface area contributed by atoms with Crippen LogP contribution in [0.4, 0.5) is 5.69 Å². The van der Waals surface area contributed by atoms with Crippen LogP contribution in [-0.4, -0.2) is 24.0 Å². The SMILES string of the molecule is CCCCCNC(=NCc1ccccc1[N+](=O)[O-])NCC. The van der Waals surface area contributed by atoms with Crippen LogP contribution >= 0.6 is 0 Å². The summed E-state index contributed by atoms with van der Waals surface area (Å²) in [6, 6.07) is 6.70. The summed E-state index contributed by atoms with van der Waals surface area (Å²) in [7, 11) is 0. The lowest BCUT2D eigenvalue weighted by Crippen LogP contribution is -2.37. The van der Waals surface area contributed by atoms with Crippen LogP contribution in [-0.2, 0) is 6.54 Å². The van der Waals surface area contributed by atoms with Gasteiger partial charge in [-0.05, 0) is 13.3 Å². The van der Waals surface area contributed by atoms with E-state index in [0.29, 0.717) is 18.1 Å². The number of unbranched alkanes of at least 4 members (excludes halogenated alkanes) is 2. The van der Waals surface area contributed by atoms with Gasteiger partial charge in [0.25, 0.3) is 5.69 Å². The van der Waals surface area contributed by atoms with E-state index >= 15 is 0 Å². The molecule has 0 aliphatic carbocycles. The molecule has 0 amide bonds. The molecule has 0 unspecified atom stereocenters. The molecule has 0 aliphatic heterocycles. The normalized spacial score (nSPS) is 11.2. The third-order valence-corrected chi connectivity index (χ3v) is 3.01. The summed E-state index contributed by atoms with van der Waals surface area (Å²) < 4.78 is 0. The fraction of sp³-hybridized carbons (Fsp3) is 0.533. The van der Waals surface area contributed by atoms with Crippen LogP contribution in [0.1, 0.15) is 38.7 Å². The Morgan fingerprint density at radius 3 is 2.67 bits per heavy atom. The van der Waals surface area contributed by atoms with Crippen LogP contribution in [0, 0.1) is 10.1 Å². The average Bonchev–Trinajstić information content (AvgIpc) is 2.49. The number of para-hydroxylation sites is 1. The number of nitrogens with one attached hydrogen (secondary N) is 2. The van der Waals surface area contributed by atoms with Gasteiger partial charge >= 0.3 is 0 Å². The second kappa shape index (κ2) is 9.74. The van der Waals surface area contributed by atoms with Crippen LogP contribution < -0.4 is 10.6 Å². The lowest BCUT2D eigenvalue weighted by atomic mass is 10.2. The van der Waals surface area contributed by atoms with Crippen molar-refractivity contribution in [2.75, 3.05) is 13.1 Å². The van der Waals surface area contributed by atoms with E-state index in [1.54, 1.807) is 18.2 Å². The lowest BCUT2D eigenvalue weighted by molar-refractivity contribution is -0.385. The van der Waals surface area contributed by atoms with E-state index < -0.39 is 0 Å². The number of guanidine groups is 1. The molecule has 0 aromatic heterocycles. The van der Waals surface area contributed by atoms with Crippen LogP contribution in [0.25, 0.3) is 0 Å². The minimum absolute atomic E-state index is 0.114. The van der Waals surface area contributed by atoms with Gasteiger partial charge in [0.1, 0.15) is 0 Å². The second-order valence-corrected chi connectivity index (χ2v) is 4.71. The molecule has 0 saturated heterocycles. The molecular weight excluding hydrogens is 268 g/mol. The van der Waals surface area contributed by atoms with Gasteiger partial charge in [-0.1, -0.05) is 38.0 Å². The van der Waals surface area contributed by atoms with Crippen molar-refractivity contribution in [1.82, 2.24) is 10.6 Å². The largest absolute Gasteiger partial charge is 0.357 e. The van der Waals surface area contributed by atoms with Crippen LogP contribution in [0.2, 0.25) is 0 Å². The molecule has 0 saturated carbocycles. The molecule has 1 aromatic rings. The van der Waals surface area contributed by atoms with E-state index in [1.807, 2.05) is 6.92 Å². The highest BCUT2D eigenvalue weighted by Crippen LogP contribution is 2.18. The average molecular weight is 292 g/mol. The lowest BCUT2D eigenvalue weighted by Gasteiger charge is -2.11. The first-order valence-electron chi connectivity index (χ1n) is 7.43.